The number of carbonyl (C=O) groups excluding carboxylic acids is 1. The Morgan fingerprint density at radius 2 is 1.96 bits per heavy atom. The molecule has 2 aromatic heterocycles. The molecule has 0 aliphatic carbocycles. The van der Waals surface area contributed by atoms with Gasteiger partial charge in [-0.2, -0.15) is 0 Å². The zero-order valence-corrected chi connectivity index (χ0v) is 12.5. The Balaban J connectivity index is 2.05. The summed E-state index contributed by atoms with van der Waals surface area (Å²) in [5, 5.41) is 0. The van der Waals surface area contributed by atoms with Crippen LogP contribution in [0.2, 0.25) is 0 Å². The molecule has 6 heteroatoms. The second-order valence-corrected chi connectivity index (χ2v) is 4.94. The first-order chi connectivity index (χ1) is 11.2. The number of benzene rings is 1. The summed E-state index contributed by atoms with van der Waals surface area (Å²) in [7, 11) is 1.88. The van der Waals surface area contributed by atoms with E-state index in [9.17, 15) is 4.79 Å². The van der Waals surface area contributed by atoms with E-state index < -0.39 is 5.91 Å². The smallest absolute Gasteiger partial charge is 0.248 e. The van der Waals surface area contributed by atoms with Crippen molar-refractivity contribution in [3.63, 3.8) is 0 Å². The Morgan fingerprint density at radius 3 is 2.70 bits per heavy atom. The zero-order valence-electron chi connectivity index (χ0n) is 12.5. The number of aromatic nitrogens is 3. The summed E-state index contributed by atoms with van der Waals surface area (Å²) in [6.07, 6.45) is 4.90. The van der Waals surface area contributed by atoms with E-state index in [1.54, 1.807) is 30.6 Å². The number of pyridine rings is 1. The minimum atomic E-state index is -0.461. The molecule has 0 atom stereocenters. The molecular formula is C17H15N5O. The Hall–Kier alpha value is -3.28. The van der Waals surface area contributed by atoms with E-state index in [4.69, 9.17) is 5.73 Å². The maximum Gasteiger partial charge on any atom is 0.248 e. The molecule has 1 aromatic carbocycles. The molecule has 114 valence electrons. The normalized spacial score (nSPS) is 10.3. The van der Waals surface area contributed by atoms with Gasteiger partial charge in [0, 0.05) is 36.3 Å². The molecule has 0 aliphatic rings. The summed E-state index contributed by atoms with van der Waals surface area (Å²) in [4.78, 5) is 25.9. The van der Waals surface area contributed by atoms with Crippen molar-refractivity contribution in [1.82, 2.24) is 15.0 Å². The first-order valence-corrected chi connectivity index (χ1v) is 7.02. The first-order valence-electron chi connectivity index (χ1n) is 7.02. The highest BCUT2D eigenvalue weighted by Crippen LogP contribution is 2.31. The summed E-state index contributed by atoms with van der Waals surface area (Å²) >= 11 is 0. The highest BCUT2D eigenvalue weighted by Gasteiger charge is 2.14. The minimum Gasteiger partial charge on any atom is -0.366 e. The predicted octanol–water partition coefficient (Wildman–Crippen LogP) is 2.41. The highest BCUT2D eigenvalue weighted by atomic mass is 16.1. The van der Waals surface area contributed by atoms with Crippen LogP contribution in [0.5, 0.6) is 0 Å². The zero-order chi connectivity index (χ0) is 16.2. The van der Waals surface area contributed by atoms with Gasteiger partial charge in [-0.3, -0.25) is 4.79 Å². The van der Waals surface area contributed by atoms with Crippen molar-refractivity contribution in [3.8, 4) is 11.3 Å². The molecule has 2 N–H and O–H groups in total. The number of hydrogen-bond acceptors (Lipinski definition) is 5. The van der Waals surface area contributed by atoms with E-state index >= 15 is 0 Å². The van der Waals surface area contributed by atoms with Gasteiger partial charge in [0.1, 0.15) is 12.1 Å². The van der Waals surface area contributed by atoms with Gasteiger partial charge in [0.2, 0.25) is 5.91 Å². The molecule has 1 amide bonds. The average molecular weight is 305 g/mol. The molecule has 3 aromatic rings. The Morgan fingerprint density at radius 1 is 1.09 bits per heavy atom. The van der Waals surface area contributed by atoms with Gasteiger partial charge in [-0.25, -0.2) is 15.0 Å². The summed E-state index contributed by atoms with van der Waals surface area (Å²) < 4.78 is 0. The summed E-state index contributed by atoms with van der Waals surface area (Å²) in [6, 6.07) is 12.7. The fraction of sp³-hybridized carbons (Fsp3) is 0.0588. The average Bonchev–Trinajstić information content (AvgIpc) is 2.62. The van der Waals surface area contributed by atoms with Gasteiger partial charge in [-0.05, 0) is 36.4 Å². The first kappa shape index (κ1) is 14.6. The quantitative estimate of drug-likeness (QED) is 0.800. The molecule has 0 saturated carbocycles. The van der Waals surface area contributed by atoms with Crippen molar-refractivity contribution in [1.29, 1.82) is 0 Å². The molecule has 0 bridgehead atoms. The van der Waals surface area contributed by atoms with Gasteiger partial charge in [0.15, 0.2) is 0 Å². The van der Waals surface area contributed by atoms with Crippen LogP contribution in [0.3, 0.4) is 0 Å². The van der Waals surface area contributed by atoms with Crippen molar-refractivity contribution < 1.29 is 4.79 Å². The second kappa shape index (κ2) is 6.23. The molecule has 2 heterocycles. The summed E-state index contributed by atoms with van der Waals surface area (Å²) in [5.74, 6) is 0.269. The van der Waals surface area contributed by atoms with Gasteiger partial charge < -0.3 is 10.6 Å². The molecular weight excluding hydrogens is 290 g/mol. The van der Waals surface area contributed by atoms with Crippen molar-refractivity contribution in [3.05, 3.63) is 66.7 Å². The monoisotopic (exact) mass is 305 g/mol. The Kier molecular flexibility index (Phi) is 3.97. The summed E-state index contributed by atoms with van der Waals surface area (Å²) in [6.45, 7) is 0. The second-order valence-electron chi connectivity index (χ2n) is 4.94. The molecule has 0 unspecified atom stereocenters. The van der Waals surface area contributed by atoms with Gasteiger partial charge >= 0.3 is 0 Å². The van der Waals surface area contributed by atoms with Crippen LogP contribution in [0.15, 0.2) is 61.2 Å². The van der Waals surface area contributed by atoms with Crippen LogP contribution >= 0.6 is 0 Å². The fourth-order valence-corrected chi connectivity index (χ4v) is 2.30. The van der Waals surface area contributed by atoms with Crippen LogP contribution < -0.4 is 10.6 Å². The largest absolute Gasteiger partial charge is 0.366 e. The number of hydrogen-bond donors (Lipinski definition) is 1. The van der Waals surface area contributed by atoms with E-state index in [-0.39, 0.29) is 0 Å². The predicted molar refractivity (Wildman–Crippen MR) is 88.3 cm³/mol. The topological polar surface area (TPSA) is 85.0 Å². The molecule has 3 rings (SSSR count). The number of rotatable bonds is 4. The van der Waals surface area contributed by atoms with Gasteiger partial charge in [-0.15, -0.1) is 0 Å². The Labute approximate surface area is 133 Å². The number of carbonyl (C=O) groups is 1. The third-order valence-electron chi connectivity index (χ3n) is 3.48. The molecule has 0 saturated heterocycles. The van der Waals surface area contributed by atoms with Crippen molar-refractivity contribution in [2.24, 2.45) is 5.73 Å². The number of amides is 1. The van der Waals surface area contributed by atoms with E-state index in [1.165, 1.54) is 6.33 Å². The lowest BCUT2D eigenvalue weighted by Crippen LogP contribution is -2.15. The number of primary amides is 1. The standard InChI is InChI=1S/C17H15N5O/c1-22(13-5-2-4-12(10-13)16(18)23)17-14(6-3-8-20-17)15-7-9-19-11-21-15/h2-11H,1H3,(H2,18,23). The minimum absolute atomic E-state index is 0.453. The van der Waals surface area contributed by atoms with E-state index in [2.05, 4.69) is 15.0 Å². The molecule has 0 aliphatic heterocycles. The van der Waals surface area contributed by atoms with Crippen LogP contribution in [0.25, 0.3) is 11.3 Å². The number of anilines is 2. The van der Waals surface area contributed by atoms with Crippen molar-refractivity contribution >= 4 is 17.4 Å². The van der Waals surface area contributed by atoms with Crippen LogP contribution in [0.1, 0.15) is 10.4 Å². The van der Waals surface area contributed by atoms with Crippen LogP contribution in [-0.2, 0) is 0 Å². The number of nitrogens with two attached hydrogens (primary N) is 1. The lowest BCUT2D eigenvalue weighted by Gasteiger charge is -2.21. The lowest BCUT2D eigenvalue weighted by atomic mass is 10.1. The van der Waals surface area contributed by atoms with Gasteiger partial charge in [0.25, 0.3) is 0 Å². The maximum absolute atomic E-state index is 11.4. The van der Waals surface area contributed by atoms with Crippen LogP contribution in [-0.4, -0.2) is 27.9 Å². The summed E-state index contributed by atoms with van der Waals surface area (Å²) in [5.41, 5.74) is 8.28. The van der Waals surface area contributed by atoms with Gasteiger partial charge in [0.05, 0.1) is 5.69 Å². The third kappa shape index (κ3) is 3.01. The number of nitrogens with zero attached hydrogens (tertiary/aromatic N) is 4. The SMILES string of the molecule is CN(c1cccc(C(N)=O)c1)c1ncccc1-c1ccncn1. The third-order valence-corrected chi connectivity index (χ3v) is 3.48. The maximum atomic E-state index is 11.4. The molecule has 23 heavy (non-hydrogen) atoms. The van der Waals surface area contributed by atoms with Crippen molar-refractivity contribution in [2.45, 2.75) is 0 Å². The molecule has 0 radical (unpaired) electrons. The Bertz CT molecular complexity index is 835. The van der Waals surface area contributed by atoms with E-state index in [1.807, 2.05) is 36.2 Å². The van der Waals surface area contributed by atoms with Crippen molar-refractivity contribution in [2.75, 3.05) is 11.9 Å². The van der Waals surface area contributed by atoms with Crippen LogP contribution in [0, 0.1) is 0 Å². The molecule has 0 spiro atoms. The van der Waals surface area contributed by atoms with E-state index in [0.29, 0.717) is 5.56 Å². The molecule has 6 nitrogen and oxygen atoms in total. The lowest BCUT2D eigenvalue weighted by molar-refractivity contribution is 0.100. The van der Waals surface area contributed by atoms with Crippen LogP contribution in [0.4, 0.5) is 11.5 Å². The molecule has 0 fully saturated rings. The van der Waals surface area contributed by atoms with E-state index in [0.717, 1.165) is 22.8 Å². The highest BCUT2D eigenvalue weighted by molar-refractivity contribution is 5.94. The fourth-order valence-electron chi connectivity index (χ4n) is 2.30. The van der Waals surface area contributed by atoms with Gasteiger partial charge in [-0.1, -0.05) is 6.07 Å².